The summed E-state index contributed by atoms with van der Waals surface area (Å²) in [4.78, 5) is 5.92. The molecule has 3 nitrogen and oxygen atoms in total. The van der Waals surface area contributed by atoms with Gasteiger partial charge in [0.15, 0.2) is 4.34 Å². The van der Waals surface area contributed by atoms with Crippen LogP contribution in [0.1, 0.15) is 0 Å². The molecule has 5 heteroatoms. The van der Waals surface area contributed by atoms with Gasteiger partial charge in [-0.25, -0.2) is 4.98 Å². The molecule has 2 aromatic carbocycles. The van der Waals surface area contributed by atoms with Gasteiger partial charge in [0.2, 0.25) is 0 Å². The fourth-order valence-corrected chi connectivity index (χ4v) is 4.20. The van der Waals surface area contributed by atoms with Crippen molar-refractivity contribution >= 4 is 23.1 Å². The van der Waals surface area contributed by atoms with Crippen LogP contribution in [0, 0.1) is 12.3 Å². The average molecular weight is 367 g/mol. The number of benzene rings is 2. The first-order valence-electron chi connectivity index (χ1n) is 7.61. The van der Waals surface area contributed by atoms with Crippen LogP contribution in [0.2, 0.25) is 0 Å². The van der Waals surface area contributed by atoms with Crippen LogP contribution in [0.5, 0.6) is 11.5 Å². The predicted octanol–water partition coefficient (Wildman–Crippen LogP) is 5.22. The molecule has 0 N–H and O–H groups in total. The number of hydrogen-bond donors (Lipinski definition) is 0. The van der Waals surface area contributed by atoms with E-state index in [-0.39, 0.29) is 0 Å². The molecule has 0 saturated carbocycles. The first-order chi connectivity index (χ1) is 12.2. The van der Waals surface area contributed by atoms with Crippen molar-refractivity contribution in [1.29, 1.82) is 0 Å². The molecular formula is C20H17NO2S2. The Kier molecular flexibility index (Phi) is 5.64. The Morgan fingerprint density at radius 3 is 2.04 bits per heavy atom. The van der Waals surface area contributed by atoms with E-state index < -0.39 is 0 Å². The molecule has 1 aromatic heterocycles. The molecule has 126 valence electrons. The maximum Gasteiger partial charge on any atom is 0.152 e. The van der Waals surface area contributed by atoms with Crippen molar-refractivity contribution < 1.29 is 9.47 Å². The summed E-state index contributed by atoms with van der Waals surface area (Å²) in [6.45, 7) is 0. The Hall–Kier alpha value is -2.42. The highest BCUT2D eigenvalue weighted by Crippen LogP contribution is 2.40. The molecule has 3 aromatic rings. The largest absolute Gasteiger partial charge is 0.497 e. The van der Waals surface area contributed by atoms with Crippen LogP contribution in [0.25, 0.3) is 21.7 Å². The van der Waals surface area contributed by atoms with Crippen molar-refractivity contribution in [3.05, 3.63) is 48.5 Å². The molecule has 0 aliphatic carbocycles. The lowest BCUT2D eigenvalue weighted by Gasteiger charge is -2.05. The van der Waals surface area contributed by atoms with Gasteiger partial charge in [0.1, 0.15) is 11.5 Å². The van der Waals surface area contributed by atoms with E-state index in [1.54, 1.807) is 37.3 Å². The highest BCUT2D eigenvalue weighted by atomic mass is 32.2. The van der Waals surface area contributed by atoms with E-state index in [1.807, 2.05) is 36.4 Å². The first-order valence-corrected chi connectivity index (χ1v) is 9.41. The van der Waals surface area contributed by atoms with Crippen molar-refractivity contribution in [2.75, 3.05) is 20.0 Å². The SMILES string of the molecule is C#CCSc1nc(-c2ccc(OC)cc2)c(-c2ccc(OC)cc2)s1. The second kappa shape index (κ2) is 8.11. The zero-order valence-corrected chi connectivity index (χ0v) is 15.6. The number of terminal acetylenes is 1. The maximum atomic E-state index is 5.39. The quantitative estimate of drug-likeness (QED) is 0.441. The Labute approximate surface area is 156 Å². The van der Waals surface area contributed by atoms with Gasteiger partial charge < -0.3 is 9.47 Å². The van der Waals surface area contributed by atoms with Crippen LogP contribution in [-0.2, 0) is 0 Å². The number of ether oxygens (including phenoxy) is 2. The van der Waals surface area contributed by atoms with Crippen LogP contribution in [0.3, 0.4) is 0 Å². The van der Waals surface area contributed by atoms with Gasteiger partial charge in [-0.05, 0) is 54.1 Å². The minimum Gasteiger partial charge on any atom is -0.497 e. The monoisotopic (exact) mass is 367 g/mol. The standard InChI is InChI=1S/C20H17NO2S2/c1-4-13-24-20-21-18(14-5-9-16(22-2)10-6-14)19(25-20)15-7-11-17(23-3)12-8-15/h1,5-12H,13H2,2-3H3. The van der Waals surface area contributed by atoms with Gasteiger partial charge in [-0.2, -0.15) is 0 Å². The average Bonchev–Trinajstić information content (AvgIpc) is 3.10. The van der Waals surface area contributed by atoms with Gasteiger partial charge >= 0.3 is 0 Å². The van der Waals surface area contributed by atoms with Crippen molar-refractivity contribution in [2.45, 2.75) is 4.34 Å². The van der Waals surface area contributed by atoms with Gasteiger partial charge in [-0.1, -0.05) is 17.7 Å². The third-order valence-electron chi connectivity index (χ3n) is 3.60. The van der Waals surface area contributed by atoms with Gasteiger partial charge in [-0.15, -0.1) is 17.8 Å². The van der Waals surface area contributed by atoms with Gasteiger partial charge in [0.25, 0.3) is 0 Å². The van der Waals surface area contributed by atoms with Crippen molar-refractivity contribution in [2.24, 2.45) is 0 Å². The van der Waals surface area contributed by atoms with Crippen molar-refractivity contribution in [1.82, 2.24) is 4.98 Å². The van der Waals surface area contributed by atoms with Crippen LogP contribution >= 0.6 is 23.1 Å². The van der Waals surface area contributed by atoms with Crippen LogP contribution in [0.15, 0.2) is 52.9 Å². The van der Waals surface area contributed by atoms with Gasteiger partial charge in [0.05, 0.1) is 30.5 Å². The molecule has 0 spiro atoms. The van der Waals surface area contributed by atoms with E-state index in [0.29, 0.717) is 5.75 Å². The highest BCUT2D eigenvalue weighted by Gasteiger charge is 2.15. The normalized spacial score (nSPS) is 10.3. The fourth-order valence-electron chi connectivity index (χ4n) is 2.35. The number of thioether (sulfide) groups is 1. The van der Waals surface area contributed by atoms with Crippen LogP contribution in [-0.4, -0.2) is 25.0 Å². The Morgan fingerprint density at radius 2 is 1.52 bits per heavy atom. The smallest absolute Gasteiger partial charge is 0.152 e. The summed E-state index contributed by atoms with van der Waals surface area (Å²) in [6.07, 6.45) is 5.39. The molecule has 0 atom stereocenters. The molecule has 0 radical (unpaired) electrons. The number of nitrogens with zero attached hydrogens (tertiary/aromatic N) is 1. The summed E-state index contributed by atoms with van der Waals surface area (Å²) >= 11 is 3.24. The van der Waals surface area contributed by atoms with E-state index in [4.69, 9.17) is 20.9 Å². The summed E-state index contributed by atoms with van der Waals surface area (Å²) in [5.41, 5.74) is 3.12. The molecule has 0 unspecified atom stereocenters. The minimum atomic E-state index is 0.609. The van der Waals surface area contributed by atoms with E-state index >= 15 is 0 Å². The molecule has 3 rings (SSSR count). The minimum absolute atomic E-state index is 0.609. The van der Waals surface area contributed by atoms with E-state index in [2.05, 4.69) is 18.1 Å². The third kappa shape index (κ3) is 3.98. The first kappa shape index (κ1) is 17.4. The van der Waals surface area contributed by atoms with E-state index in [0.717, 1.165) is 37.5 Å². The van der Waals surface area contributed by atoms with Crippen molar-refractivity contribution in [3.63, 3.8) is 0 Å². The van der Waals surface area contributed by atoms with E-state index in [9.17, 15) is 0 Å². The number of methoxy groups -OCH3 is 2. The Morgan fingerprint density at radius 1 is 0.960 bits per heavy atom. The summed E-state index contributed by atoms with van der Waals surface area (Å²) in [7, 11) is 3.33. The fraction of sp³-hybridized carbons (Fsp3) is 0.150. The number of hydrogen-bond acceptors (Lipinski definition) is 5. The number of rotatable bonds is 6. The van der Waals surface area contributed by atoms with Gasteiger partial charge in [0, 0.05) is 5.56 Å². The lowest BCUT2D eigenvalue weighted by molar-refractivity contribution is 0.414. The molecular weight excluding hydrogens is 350 g/mol. The lowest BCUT2D eigenvalue weighted by atomic mass is 10.1. The second-order valence-corrected chi connectivity index (χ2v) is 7.33. The highest BCUT2D eigenvalue weighted by molar-refractivity contribution is 8.01. The summed E-state index contributed by atoms with van der Waals surface area (Å²) in [5.74, 6) is 4.92. The molecule has 0 fully saturated rings. The Bertz CT molecular complexity index is 813. The predicted molar refractivity (Wildman–Crippen MR) is 106 cm³/mol. The molecule has 0 saturated heterocycles. The molecule has 0 amide bonds. The molecule has 1 heterocycles. The molecule has 0 aliphatic rings. The Balaban J connectivity index is 2.04. The van der Waals surface area contributed by atoms with Crippen LogP contribution in [0.4, 0.5) is 0 Å². The topological polar surface area (TPSA) is 31.4 Å². The number of thiazole rings is 1. The zero-order valence-electron chi connectivity index (χ0n) is 14.0. The second-order valence-electron chi connectivity index (χ2n) is 5.11. The molecule has 25 heavy (non-hydrogen) atoms. The van der Waals surface area contributed by atoms with Crippen LogP contribution < -0.4 is 9.47 Å². The molecule has 0 aliphatic heterocycles. The van der Waals surface area contributed by atoms with Gasteiger partial charge in [-0.3, -0.25) is 0 Å². The molecule has 0 bridgehead atoms. The summed E-state index contributed by atoms with van der Waals surface area (Å²) in [6, 6.07) is 16.0. The third-order valence-corrected chi connectivity index (χ3v) is 5.75. The zero-order chi connectivity index (χ0) is 17.6. The number of aromatic nitrogens is 1. The van der Waals surface area contributed by atoms with Crippen molar-refractivity contribution in [3.8, 4) is 45.5 Å². The summed E-state index contributed by atoms with van der Waals surface area (Å²) < 4.78 is 11.5. The summed E-state index contributed by atoms with van der Waals surface area (Å²) in [5, 5.41) is 0. The van der Waals surface area contributed by atoms with E-state index in [1.165, 1.54) is 0 Å². The maximum absolute atomic E-state index is 5.39. The lowest BCUT2D eigenvalue weighted by Crippen LogP contribution is -1.86.